The SMILES string of the molecule is CC[C@H](C(=O)NC)n1cnc(-c2ccccc2)c1-c1cc(C)ccc1-n1cccn1. The Labute approximate surface area is 176 Å². The number of aryl methyl sites for hydroxylation is 1. The van der Waals surface area contributed by atoms with E-state index < -0.39 is 0 Å². The third-order valence-electron chi connectivity index (χ3n) is 5.27. The first kappa shape index (κ1) is 19.6. The average Bonchev–Trinajstić information content (AvgIpc) is 3.45. The lowest BCUT2D eigenvalue weighted by molar-refractivity contribution is -0.123. The molecule has 2 heterocycles. The minimum absolute atomic E-state index is 0.0379. The van der Waals surface area contributed by atoms with Gasteiger partial charge >= 0.3 is 0 Å². The molecule has 0 radical (unpaired) electrons. The number of likely N-dealkylation sites (N-methyl/N-ethyl adjacent to an activating group) is 1. The van der Waals surface area contributed by atoms with Crippen LogP contribution < -0.4 is 5.32 Å². The molecule has 0 aliphatic carbocycles. The fraction of sp³-hybridized carbons (Fsp3) is 0.208. The molecule has 2 aromatic heterocycles. The molecule has 6 nitrogen and oxygen atoms in total. The summed E-state index contributed by atoms with van der Waals surface area (Å²) in [6.07, 6.45) is 6.11. The van der Waals surface area contributed by atoms with Gasteiger partial charge in [-0.05, 0) is 31.5 Å². The standard InChI is InChI=1S/C24H25N5O/c1-4-20(24(30)25-3)28-16-26-22(18-9-6-5-7-10-18)23(28)19-15-17(2)11-12-21(19)29-14-8-13-27-29/h5-16,20H,4H2,1-3H3,(H,25,30)/t20-/m1/s1. The van der Waals surface area contributed by atoms with Crippen molar-refractivity contribution in [2.75, 3.05) is 7.05 Å². The van der Waals surface area contributed by atoms with Crippen LogP contribution in [0.3, 0.4) is 0 Å². The molecule has 0 bridgehead atoms. The monoisotopic (exact) mass is 399 g/mol. The molecule has 0 unspecified atom stereocenters. The van der Waals surface area contributed by atoms with Gasteiger partial charge < -0.3 is 9.88 Å². The smallest absolute Gasteiger partial charge is 0.242 e. The van der Waals surface area contributed by atoms with Crippen molar-refractivity contribution in [1.82, 2.24) is 24.6 Å². The molecule has 1 N–H and O–H groups in total. The molecule has 1 atom stereocenters. The van der Waals surface area contributed by atoms with Gasteiger partial charge in [-0.25, -0.2) is 9.67 Å². The average molecular weight is 399 g/mol. The van der Waals surface area contributed by atoms with Crippen molar-refractivity contribution < 1.29 is 4.79 Å². The summed E-state index contributed by atoms with van der Waals surface area (Å²) in [5, 5.41) is 7.23. The second-order valence-electron chi connectivity index (χ2n) is 7.22. The van der Waals surface area contributed by atoms with E-state index in [-0.39, 0.29) is 11.9 Å². The van der Waals surface area contributed by atoms with Gasteiger partial charge in [0, 0.05) is 30.6 Å². The number of hydrogen-bond donors (Lipinski definition) is 1. The highest BCUT2D eigenvalue weighted by atomic mass is 16.2. The molecular formula is C24H25N5O. The molecule has 0 fully saturated rings. The Morgan fingerprint density at radius 2 is 1.93 bits per heavy atom. The maximum absolute atomic E-state index is 12.7. The highest BCUT2D eigenvalue weighted by molar-refractivity contribution is 5.86. The van der Waals surface area contributed by atoms with E-state index in [1.54, 1.807) is 19.6 Å². The summed E-state index contributed by atoms with van der Waals surface area (Å²) in [6, 6.07) is 17.9. The van der Waals surface area contributed by atoms with Crippen LogP contribution >= 0.6 is 0 Å². The fourth-order valence-electron chi connectivity index (χ4n) is 3.80. The van der Waals surface area contributed by atoms with Gasteiger partial charge in [0.15, 0.2) is 0 Å². The second-order valence-corrected chi connectivity index (χ2v) is 7.22. The quantitative estimate of drug-likeness (QED) is 0.522. The highest BCUT2D eigenvalue weighted by Gasteiger charge is 2.26. The number of carbonyl (C=O) groups is 1. The summed E-state index contributed by atoms with van der Waals surface area (Å²) in [5.74, 6) is -0.0379. The van der Waals surface area contributed by atoms with Crippen molar-refractivity contribution in [2.24, 2.45) is 0 Å². The van der Waals surface area contributed by atoms with Crippen LogP contribution in [0.2, 0.25) is 0 Å². The van der Waals surface area contributed by atoms with E-state index in [1.165, 1.54) is 0 Å². The number of amides is 1. The first-order valence-corrected chi connectivity index (χ1v) is 10.1. The van der Waals surface area contributed by atoms with Crippen molar-refractivity contribution >= 4 is 5.91 Å². The van der Waals surface area contributed by atoms with Crippen molar-refractivity contribution in [3.05, 3.63) is 78.9 Å². The predicted octanol–water partition coefficient (Wildman–Crippen LogP) is 4.41. The normalized spacial score (nSPS) is 12.0. The van der Waals surface area contributed by atoms with Gasteiger partial charge in [0.05, 0.1) is 23.4 Å². The lowest BCUT2D eigenvalue weighted by Crippen LogP contribution is -2.29. The molecule has 0 aliphatic rings. The lowest BCUT2D eigenvalue weighted by Gasteiger charge is -2.21. The summed E-state index contributed by atoms with van der Waals surface area (Å²) >= 11 is 0. The van der Waals surface area contributed by atoms with Crippen LogP contribution in [-0.4, -0.2) is 32.3 Å². The zero-order valence-electron chi connectivity index (χ0n) is 17.4. The molecular weight excluding hydrogens is 374 g/mol. The summed E-state index contributed by atoms with van der Waals surface area (Å²) < 4.78 is 3.84. The molecule has 2 aromatic carbocycles. The molecule has 4 rings (SSSR count). The molecule has 30 heavy (non-hydrogen) atoms. The fourth-order valence-corrected chi connectivity index (χ4v) is 3.80. The number of aromatic nitrogens is 4. The highest BCUT2D eigenvalue weighted by Crippen LogP contribution is 2.37. The summed E-state index contributed by atoms with van der Waals surface area (Å²) in [6.45, 7) is 4.08. The Bertz CT molecular complexity index is 1150. The van der Waals surface area contributed by atoms with E-state index in [2.05, 4.69) is 35.5 Å². The molecule has 1 amide bonds. The van der Waals surface area contributed by atoms with Crippen LogP contribution in [0.5, 0.6) is 0 Å². The van der Waals surface area contributed by atoms with Gasteiger partial charge in [0.25, 0.3) is 0 Å². The number of nitrogens with zero attached hydrogens (tertiary/aromatic N) is 4. The predicted molar refractivity (Wildman–Crippen MR) is 118 cm³/mol. The number of hydrogen-bond acceptors (Lipinski definition) is 3. The van der Waals surface area contributed by atoms with E-state index in [9.17, 15) is 4.79 Å². The topological polar surface area (TPSA) is 64.7 Å². The number of imidazole rings is 1. The summed E-state index contributed by atoms with van der Waals surface area (Å²) in [5.41, 5.74) is 5.81. The Kier molecular flexibility index (Phi) is 5.48. The molecule has 0 aliphatic heterocycles. The van der Waals surface area contributed by atoms with E-state index in [1.807, 2.05) is 58.8 Å². The van der Waals surface area contributed by atoms with Crippen LogP contribution in [0.1, 0.15) is 24.9 Å². The van der Waals surface area contributed by atoms with Gasteiger partial charge in [-0.1, -0.05) is 48.9 Å². The third-order valence-corrected chi connectivity index (χ3v) is 5.27. The molecule has 0 saturated carbocycles. The lowest BCUT2D eigenvalue weighted by atomic mass is 10.00. The van der Waals surface area contributed by atoms with E-state index in [4.69, 9.17) is 4.98 Å². The van der Waals surface area contributed by atoms with Crippen LogP contribution in [0.25, 0.3) is 28.2 Å². The van der Waals surface area contributed by atoms with Crippen molar-refractivity contribution in [1.29, 1.82) is 0 Å². The first-order valence-electron chi connectivity index (χ1n) is 10.1. The van der Waals surface area contributed by atoms with Crippen LogP contribution in [-0.2, 0) is 4.79 Å². The molecule has 0 saturated heterocycles. The number of benzene rings is 2. The summed E-state index contributed by atoms with van der Waals surface area (Å²) in [4.78, 5) is 17.4. The Balaban J connectivity index is 2.02. The zero-order valence-corrected chi connectivity index (χ0v) is 17.4. The van der Waals surface area contributed by atoms with E-state index >= 15 is 0 Å². The van der Waals surface area contributed by atoms with Gasteiger partial charge in [-0.3, -0.25) is 4.79 Å². The van der Waals surface area contributed by atoms with E-state index in [0.29, 0.717) is 6.42 Å². The second kappa shape index (κ2) is 8.37. The molecule has 6 heteroatoms. The molecule has 0 spiro atoms. The van der Waals surface area contributed by atoms with Crippen molar-refractivity contribution in [3.8, 4) is 28.2 Å². The van der Waals surface area contributed by atoms with Gasteiger partial charge in [0.2, 0.25) is 5.91 Å². The van der Waals surface area contributed by atoms with Crippen molar-refractivity contribution in [3.63, 3.8) is 0 Å². The summed E-state index contributed by atoms with van der Waals surface area (Å²) in [7, 11) is 1.67. The van der Waals surface area contributed by atoms with Crippen molar-refractivity contribution in [2.45, 2.75) is 26.3 Å². The zero-order chi connectivity index (χ0) is 21.1. The molecule has 152 valence electrons. The minimum Gasteiger partial charge on any atom is -0.357 e. The third kappa shape index (κ3) is 3.52. The molecule has 4 aromatic rings. The van der Waals surface area contributed by atoms with Gasteiger partial charge in [-0.2, -0.15) is 5.10 Å². The van der Waals surface area contributed by atoms with Crippen LogP contribution in [0.15, 0.2) is 73.3 Å². The number of nitrogens with one attached hydrogen (secondary N) is 1. The van der Waals surface area contributed by atoms with Gasteiger partial charge in [0.1, 0.15) is 6.04 Å². The van der Waals surface area contributed by atoms with Crippen LogP contribution in [0.4, 0.5) is 0 Å². The Morgan fingerprint density at radius 1 is 1.13 bits per heavy atom. The Morgan fingerprint density at radius 3 is 2.60 bits per heavy atom. The Hall–Kier alpha value is -3.67. The largest absolute Gasteiger partial charge is 0.357 e. The van der Waals surface area contributed by atoms with Gasteiger partial charge in [-0.15, -0.1) is 0 Å². The minimum atomic E-state index is -0.360. The maximum atomic E-state index is 12.7. The van der Waals surface area contributed by atoms with Crippen LogP contribution in [0, 0.1) is 6.92 Å². The first-order chi connectivity index (χ1) is 14.6. The maximum Gasteiger partial charge on any atom is 0.242 e. The van der Waals surface area contributed by atoms with E-state index in [0.717, 1.165) is 33.8 Å². The number of rotatable bonds is 6. The number of carbonyl (C=O) groups excluding carboxylic acids is 1.